The average molecular weight is 1520 g/mol. The Balaban J connectivity index is 0.987. The van der Waals surface area contributed by atoms with Gasteiger partial charge < -0.3 is 45.7 Å². The predicted octanol–water partition coefficient (Wildman–Crippen LogP) is 10.9. The number of thiazole rings is 1. The van der Waals surface area contributed by atoms with Crippen LogP contribution in [0.2, 0.25) is 0 Å². The normalized spacial score (nSPS) is 17.4. The lowest BCUT2D eigenvalue weighted by atomic mass is 9.83. The van der Waals surface area contributed by atoms with Gasteiger partial charge in [-0.05, 0) is 116 Å². The number of carbonyl (C=O) groups is 11. The van der Waals surface area contributed by atoms with Crippen LogP contribution in [0.5, 0.6) is 0 Å². The Morgan fingerprint density at radius 1 is 0.731 bits per heavy atom. The van der Waals surface area contributed by atoms with Gasteiger partial charge in [-0.2, -0.15) is 0 Å². The minimum Gasteiger partial charge on any atom is -0.444 e. The number of nitrogens with two attached hydrogens (primary N) is 1. The molecule has 9 amide bonds. The van der Waals surface area contributed by atoms with Crippen LogP contribution >= 0.6 is 11.3 Å². The van der Waals surface area contributed by atoms with E-state index >= 15 is 4.79 Å². The van der Waals surface area contributed by atoms with Crippen molar-refractivity contribution in [1.29, 1.82) is 0 Å². The Hall–Kier alpha value is -8.26. The fraction of sp³-hybridized carbons (Fsp3) is 0.614. The van der Waals surface area contributed by atoms with E-state index in [4.69, 9.17) is 19.9 Å². The molecule has 0 bridgehead atoms. The molecule has 12 atom stereocenters. The van der Waals surface area contributed by atoms with Crippen molar-refractivity contribution in [3.05, 3.63) is 118 Å². The summed E-state index contributed by atoms with van der Waals surface area (Å²) in [5, 5.41) is 11.4. The molecule has 594 valence electrons. The smallest absolute Gasteiger partial charge is 0.414 e. The first-order chi connectivity index (χ1) is 51.4. The summed E-state index contributed by atoms with van der Waals surface area (Å²) in [5.41, 5.74) is 9.26. The first kappa shape index (κ1) is 88.6. The number of hydrogen-bond acceptors (Lipinski definition) is 17. The van der Waals surface area contributed by atoms with Crippen molar-refractivity contribution in [3.8, 4) is 0 Å². The van der Waals surface area contributed by atoms with E-state index in [2.05, 4.69) is 32.8 Å². The van der Waals surface area contributed by atoms with Crippen LogP contribution in [0, 0.1) is 47.3 Å². The number of likely N-dealkylation sites (tertiary alicyclic amines) is 2. The Labute approximate surface area is 644 Å². The third-order valence-electron chi connectivity index (χ3n) is 21.8. The molecule has 1 unspecified atom stereocenters. The zero-order valence-corrected chi connectivity index (χ0v) is 67.4. The second-order valence-electron chi connectivity index (χ2n) is 30.8. The van der Waals surface area contributed by atoms with Crippen molar-refractivity contribution < 1.29 is 67.0 Å². The summed E-state index contributed by atoms with van der Waals surface area (Å²) in [7, 11) is 8.47. The number of anilines is 1. The number of benzene rings is 3. The average Bonchev–Trinajstić information content (AvgIpc) is 1.43. The van der Waals surface area contributed by atoms with Gasteiger partial charge in [-0.25, -0.2) is 14.6 Å². The van der Waals surface area contributed by atoms with Gasteiger partial charge in [-0.1, -0.05) is 149 Å². The lowest BCUT2D eigenvalue weighted by molar-refractivity contribution is -0.149. The highest BCUT2D eigenvalue weighted by molar-refractivity contribution is 7.09. The Morgan fingerprint density at radius 2 is 1.40 bits per heavy atom. The molecule has 2 fully saturated rings. The molecule has 0 radical (unpaired) electrons. The van der Waals surface area contributed by atoms with Crippen molar-refractivity contribution in [2.75, 3.05) is 66.4 Å². The maximum absolute atomic E-state index is 15.0. The van der Waals surface area contributed by atoms with E-state index < -0.39 is 66.1 Å². The number of rotatable bonds is 46. The van der Waals surface area contributed by atoms with Crippen LogP contribution in [0.25, 0.3) is 0 Å². The Kier molecular flexibility index (Phi) is 36.0. The van der Waals surface area contributed by atoms with Crippen molar-refractivity contribution in [2.24, 2.45) is 53.1 Å². The van der Waals surface area contributed by atoms with Gasteiger partial charge in [-0.3, -0.25) is 57.9 Å². The third-order valence-corrected chi connectivity index (χ3v) is 22.7. The number of nitrogens with one attached hydrogen (secondary N) is 3. The number of amides is 9. The summed E-state index contributed by atoms with van der Waals surface area (Å²) >= 11 is 1.49. The van der Waals surface area contributed by atoms with Gasteiger partial charge in [0.25, 0.3) is 0 Å². The number of unbranched alkanes of at least 4 members (excludes halogenated alkanes) is 2. The fourth-order valence-electron chi connectivity index (χ4n) is 15.1. The molecule has 5 N–H and O–H groups in total. The predicted molar refractivity (Wildman–Crippen MR) is 418 cm³/mol. The molecule has 0 spiro atoms. The minimum absolute atomic E-state index is 0.00280. The molecule has 3 aromatic carbocycles. The summed E-state index contributed by atoms with van der Waals surface area (Å²) < 4.78 is 18.0. The van der Waals surface area contributed by atoms with Gasteiger partial charge in [0.15, 0.2) is 11.6 Å². The topological polar surface area (TPSA) is 307 Å². The van der Waals surface area contributed by atoms with Crippen LogP contribution < -0.4 is 26.6 Å². The molecule has 24 nitrogen and oxygen atoms in total. The van der Waals surface area contributed by atoms with Crippen molar-refractivity contribution in [3.63, 3.8) is 0 Å². The number of likely N-dealkylation sites (N-methyl/N-ethyl adjacent to an activating group) is 2. The summed E-state index contributed by atoms with van der Waals surface area (Å²) in [6.07, 6.45) is 5.89. The number of primary amides is 1. The number of Topliss-reactive ketones (excluding diaryl/α,β-unsaturated/α-hetero) is 3. The van der Waals surface area contributed by atoms with Gasteiger partial charge in [0.2, 0.25) is 35.4 Å². The molecule has 25 heteroatoms. The summed E-state index contributed by atoms with van der Waals surface area (Å²) in [5.74, 6) is -4.50. The first-order valence-electron chi connectivity index (χ1n) is 38.8. The minimum atomic E-state index is -0.920. The Morgan fingerprint density at radius 3 is 1.99 bits per heavy atom. The Bertz CT molecular complexity index is 3580. The monoisotopic (exact) mass is 1510 g/mol. The number of carbonyl (C=O) groups excluding carboxylic acids is 11. The maximum Gasteiger partial charge on any atom is 0.414 e. The van der Waals surface area contributed by atoms with Crippen molar-refractivity contribution in [1.82, 2.24) is 40.5 Å². The van der Waals surface area contributed by atoms with Crippen LogP contribution in [-0.2, 0) is 83.2 Å². The molecule has 2 aliphatic rings. The second kappa shape index (κ2) is 43.8. The van der Waals surface area contributed by atoms with Crippen molar-refractivity contribution >= 4 is 81.9 Å². The zero-order valence-electron chi connectivity index (χ0n) is 66.6. The number of methoxy groups -OCH3 is 2. The SMILES string of the molecule is CC[C@H](C)[C@@H]([C@@H](CC(=O)N1CCC[C@H]1[C@H](OC)[C@@H](C)C(=O)N[C@@H](Cc1ccccc1)c1nccs1)OC)N(C)C(=O)[C@@H](CC(=O)[C@H](C(C)C)N(C)CCc1ccc(N(C)C(=O)OCc2ccc(CC(=O)[C@H](CCCNC(N)=O)NC(=O)[C@@H](CC(=O)CCCCCN3C(=O)CC(C)C3=O)C(C)C)cc2)cc1)C(C)C. The number of aromatic nitrogens is 1. The number of ether oxygens (including phenoxy) is 3. The molecule has 108 heavy (non-hydrogen) atoms. The molecule has 0 aliphatic carbocycles. The van der Waals surface area contributed by atoms with Crippen LogP contribution in [-0.4, -0.2) is 187 Å². The van der Waals surface area contributed by atoms with E-state index in [-0.39, 0.29) is 147 Å². The molecule has 2 saturated heterocycles. The van der Waals surface area contributed by atoms with Crippen LogP contribution in [0.1, 0.15) is 186 Å². The van der Waals surface area contributed by atoms with E-state index in [9.17, 15) is 47.9 Å². The number of hydrogen-bond donors (Lipinski definition) is 4. The highest BCUT2D eigenvalue weighted by Crippen LogP contribution is 2.33. The maximum atomic E-state index is 15.0. The van der Waals surface area contributed by atoms with E-state index in [1.165, 1.54) is 21.1 Å². The van der Waals surface area contributed by atoms with Crippen LogP contribution in [0.3, 0.4) is 0 Å². The lowest BCUT2D eigenvalue weighted by Gasteiger charge is -2.41. The summed E-state index contributed by atoms with van der Waals surface area (Å²) in [4.78, 5) is 162. The molecular weight excluding hydrogens is 1390 g/mol. The third kappa shape index (κ3) is 26.0. The quantitative estimate of drug-likeness (QED) is 0.0236. The van der Waals surface area contributed by atoms with E-state index in [1.807, 2.05) is 127 Å². The highest BCUT2D eigenvalue weighted by Gasteiger charge is 2.44. The largest absolute Gasteiger partial charge is 0.444 e. The van der Waals surface area contributed by atoms with E-state index in [0.717, 1.165) is 22.6 Å². The van der Waals surface area contributed by atoms with E-state index in [0.29, 0.717) is 87.8 Å². The van der Waals surface area contributed by atoms with Gasteiger partial charge in [0.05, 0.1) is 54.8 Å². The molecule has 4 aromatic rings. The van der Waals surface area contributed by atoms with Gasteiger partial charge >= 0.3 is 12.1 Å². The number of ketones is 3. The highest BCUT2D eigenvalue weighted by atomic mass is 32.1. The van der Waals surface area contributed by atoms with Gasteiger partial charge in [-0.15, -0.1) is 11.3 Å². The summed E-state index contributed by atoms with van der Waals surface area (Å²) in [6.45, 7) is 20.8. The zero-order chi connectivity index (χ0) is 79.5. The molecule has 0 saturated carbocycles. The van der Waals surface area contributed by atoms with E-state index in [1.54, 1.807) is 70.6 Å². The van der Waals surface area contributed by atoms with Gasteiger partial charge in [0.1, 0.15) is 17.4 Å². The molecule has 3 heterocycles. The molecule has 1 aromatic heterocycles. The first-order valence-corrected chi connectivity index (χ1v) is 39.6. The van der Waals surface area contributed by atoms with Crippen LogP contribution in [0.4, 0.5) is 15.3 Å². The summed E-state index contributed by atoms with van der Waals surface area (Å²) in [6, 6.07) is 21.2. The fourth-order valence-corrected chi connectivity index (χ4v) is 15.8. The number of nitrogens with zero attached hydrogens (tertiary/aromatic N) is 6. The van der Waals surface area contributed by atoms with Gasteiger partial charge in [0, 0.05) is 122 Å². The standard InChI is InChI=1S/C83H122N10O14S/c1-16-55(8)75(71(105-14)50-73(98)92-42-24-29-68(92)76(106-15)57(10)77(99)88-67(79-85-40-44-108-79)46-59-25-19-17-20-26-59)91(13)81(102)65(53(4)5)49-70(96)74(54(6)7)89(11)43-38-58-34-36-62(37-35-58)90(12)83(104)107-51-61-32-30-60(31-33-61)47-69(95)66(28-23-39-86-82(84)103)87-78(100)64(52(2)3)48-63(94)27-21-18-22-41-93-72(97)45-56(9)80(93)101/h17,19-20,25-26,30-37,40,44,52-57,64-68,71,74-76H,16,18,21-24,27-29,38-39,41-43,45-51H2,1-15H3,(H,87,100)(H,88,99)(H3,84,86,103)/t55-,56?,57+,64-,65-,66-,67-,68-,71+,74-,75-,76+/m0/s1. The molecule has 2 aliphatic heterocycles. The molecule has 6 rings (SSSR count). The van der Waals surface area contributed by atoms with Crippen LogP contribution in [0.15, 0.2) is 90.4 Å². The lowest BCUT2D eigenvalue weighted by Crippen LogP contribution is -2.54. The number of urea groups is 1. The molecular formula is C83H122N10O14S. The second-order valence-corrected chi connectivity index (χ2v) is 31.7. The van der Waals surface area contributed by atoms with Crippen molar-refractivity contribution in [2.45, 2.75) is 221 Å². The number of imide groups is 1.